The third-order valence-corrected chi connectivity index (χ3v) is 4.91. The van der Waals surface area contributed by atoms with Crippen LogP contribution in [-0.4, -0.2) is 36.0 Å². The van der Waals surface area contributed by atoms with Gasteiger partial charge in [-0.15, -0.1) is 0 Å². The van der Waals surface area contributed by atoms with E-state index in [4.69, 9.17) is 0 Å². The number of amides is 1. The summed E-state index contributed by atoms with van der Waals surface area (Å²) in [6, 6.07) is 0.460. The van der Waals surface area contributed by atoms with Gasteiger partial charge in [0.05, 0.1) is 6.04 Å². The molecule has 0 aromatic rings. The van der Waals surface area contributed by atoms with Gasteiger partial charge in [-0.25, -0.2) is 0 Å². The van der Waals surface area contributed by atoms with E-state index in [0.29, 0.717) is 11.9 Å². The molecule has 3 nitrogen and oxygen atoms in total. The molecular formula is C16H30N2O. The van der Waals surface area contributed by atoms with Crippen LogP contribution in [0.4, 0.5) is 0 Å². The summed E-state index contributed by atoms with van der Waals surface area (Å²) in [5, 5.41) is 3.55. The van der Waals surface area contributed by atoms with Crippen molar-refractivity contribution in [2.45, 2.75) is 77.3 Å². The molecule has 2 fully saturated rings. The lowest BCUT2D eigenvalue weighted by atomic mass is 9.99. The van der Waals surface area contributed by atoms with E-state index < -0.39 is 0 Å². The molecule has 110 valence electrons. The number of hydrogen-bond donors (Lipinski definition) is 1. The van der Waals surface area contributed by atoms with Crippen LogP contribution in [0.2, 0.25) is 0 Å². The summed E-state index contributed by atoms with van der Waals surface area (Å²) in [6.45, 7) is 6.21. The molecule has 0 aromatic carbocycles. The highest BCUT2D eigenvalue weighted by molar-refractivity contribution is 5.81. The van der Waals surface area contributed by atoms with Gasteiger partial charge in [0.15, 0.2) is 0 Å². The third-order valence-electron chi connectivity index (χ3n) is 4.91. The van der Waals surface area contributed by atoms with Crippen LogP contribution < -0.4 is 5.32 Å². The highest BCUT2D eigenvalue weighted by Crippen LogP contribution is 2.27. The first kappa shape index (κ1) is 14.8. The van der Waals surface area contributed by atoms with Gasteiger partial charge in [-0.1, -0.05) is 25.7 Å². The molecule has 1 aliphatic heterocycles. The minimum atomic E-state index is -0.0197. The topological polar surface area (TPSA) is 32.3 Å². The lowest BCUT2D eigenvalue weighted by Crippen LogP contribution is -2.49. The Kier molecular flexibility index (Phi) is 5.68. The average molecular weight is 266 g/mol. The molecule has 2 rings (SSSR count). The van der Waals surface area contributed by atoms with Gasteiger partial charge < -0.3 is 10.2 Å². The number of carbonyl (C=O) groups excluding carboxylic acids is 1. The number of carbonyl (C=O) groups is 1. The van der Waals surface area contributed by atoms with Crippen LogP contribution in [0.15, 0.2) is 0 Å². The zero-order valence-corrected chi connectivity index (χ0v) is 12.7. The van der Waals surface area contributed by atoms with Crippen molar-refractivity contribution >= 4 is 5.91 Å². The van der Waals surface area contributed by atoms with Crippen LogP contribution in [0.5, 0.6) is 0 Å². The molecule has 1 heterocycles. The predicted octanol–water partition coefficient (Wildman–Crippen LogP) is 2.95. The van der Waals surface area contributed by atoms with E-state index in [1.165, 1.54) is 51.4 Å². The van der Waals surface area contributed by atoms with Crippen LogP contribution in [0.25, 0.3) is 0 Å². The fourth-order valence-corrected chi connectivity index (χ4v) is 3.62. The van der Waals surface area contributed by atoms with Gasteiger partial charge >= 0.3 is 0 Å². The summed E-state index contributed by atoms with van der Waals surface area (Å²) >= 11 is 0. The summed E-state index contributed by atoms with van der Waals surface area (Å²) in [4.78, 5) is 14.5. The van der Waals surface area contributed by atoms with Crippen LogP contribution in [-0.2, 0) is 4.79 Å². The van der Waals surface area contributed by atoms with Gasteiger partial charge in [0.25, 0.3) is 0 Å². The molecule has 2 aliphatic rings. The summed E-state index contributed by atoms with van der Waals surface area (Å²) in [7, 11) is 0. The normalized spacial score (nSPS) is 25.1. The Balaban J connectivity index is 1.80. The van der Waals surface area contributed by atoms with Crippen LogP contribution >= 0.6 is 0 Å². The maximum atomic E-state index is 12.5. The number of nitrogens with zero attached hydrogens (tertiary/aromatic N) is 1. The van der Waals surface area contributed by atoms with E-state index in [9.17, 15) is 4.79 Å². The highest BCUT2D eigenvalue weighted by Gasteiger charge is 2.26. The van der Waals surface area contributed by atoms with Crippen molar-refractivity contribution < 1.29 is 4.79 Å². The van der Waals surface area contributed by atoms with Crippen molar-refractivity contribution in [1.82, 2.24) is 10.2 Å². The number of hydrogen-bond acceptors (Lipinski definition) is 2. The van der Waals surface area contributed by atoms with Crippen molar-refractivity contribution in [2.24, 2.45) is 5.92 Å². The molecule has 0 radical (unpaired) electrons. The second kappa shape index (κ2) is 7.28. The molecule has 0 bridgehead atoms. The van der Waals surface area contributed by atoms with Crippen molar-refractivity contribution in [1.29, 1.82) is 0 Å². The molecular weight excluding hydrogens is 236 g/mol. The monoisotopic (exact) mass is 266 g/mol. The van der Waals surface area contributed by atoms with Gasteiger partial charge in [0.1, 0.15) is 0 Å². The summed E-state index contributed by atoms with van der Waals surface area (Å²) in [5.74, 6) is 1.09. The standard InChI is InChI=1S/C16H30N2O/c1-13(15-9-5-6-10-15)17-14(2)16(19)18-11-7-3-4-8-12-18/h13-15,17H,3-12H2,1-2H3/t13-,14?/m0/s1. The van der Waals surface area contributed by atoms with Gasteiger partial charge in [0, 0.05) is 19.1 Å². The van der Waals surface area contributed by atoms with E-state index in [1.807, 2.05) is 6.92 Å². The molecule has 1 saturated carbocycles. The summed E-state index contributed by atoms with van der Waals surface area (Å²) in [5.41, 5.74) is 0. The van der Waals surface area contributed by atoms with Crippen molar-refractivity contribution in [2.75, 3.05) is 13.1 Å². The zero-order chi connectivity index (χ0) is 13.7. The third kappa shape index (κ3) is 4.20. The van der Waals surface area contributed by atoms with Gasteiger partial charge in [-0.2, -0.15) is 0 Å². The van der Waals surface area contributed by atoms with E-state index in [-0.39, 0.29) is 6.04 Å². The Labute approximate surface area is 118 Å². The summed E-state index contributed by atoms with van der Waals surface area (Å²) < 4.78 is 0. The largest absolute Gasteiger partial charge is 0.341 e. The molecule has 19 heavy (non-hydrogen) atoms. The highest BCUT2D eigenvalue weighted by atomic mass is 16.2. The molecule has 1 aliphatic carbocycles. The quantitative estimate of drug-likeness (QED) is 0.848. The van der Waals surface area contributed by atoms with Crippen LogP contribution in [0.3, 0.4) is 0 Å². The minimum absolute atomic E-state index is 0.0197. The lowest BCUT2D eigenvalue weighted by molar-refractivity contribution is -0.133. The summed E-state index contributed by atoms with van der Waals surface area (Å²) in [6.07, 6.45) is 10.3. The smallest absolute Gasteiger partial charge is 0.239 e. The van der Waals surface area contributed by atoms with Crippen molar-refractivity contribution in [3.63, 3.8) is 0 Å². The maximum Gasteiger partial charge on any atom is 0.239 e. The molecule has 0 aromatic heterocycles. The van der Waals surface area contributed by atoms with E-state index in [0.717, 1.165) is 19.0 Å². The fourth-order valence-electron chi connectivity index (χ4n) is 3.62. The Morgan fingerprint density at radius 2 is 1.58 bits per heavy atom. The number of nitrogens with one attached hydrogen (secondary N) is 1. The lowest BCUT2D eigenvalue weighted by Gasteiger charge is -2.28. The Hall–Kier alpha value is -0.570. The van der Waals surface area contributed by atoms with Crippen LogP contribution in [0.1, 0.15) is 65.2 Å². The Bertz CT molecular complexity index is 278. The first-order valence-electron chi connectivity index (χ1n) is 8.23. The van der Waals surface area contributed by atoms with Gasteiger partial charge in [0.2, 0.25) is 5.91 Å². The van der Waals surface area contributed by atoms with Crippen molar-refractivity contribution in [3.05, 3.63) is 0 Å². The van der Waals surface area contributed by atoms with E-state index in [1.54, 1.807) is 0 Å². The van der Waals surface area contributed by atoms with Gasteiger partial charge in [-0.05, 0) is 45.4 Å². The number of likely N-dealkylation sites (tertiary alicyclic amines) is 1. The molecule has 1 N–H and O–H groups in total. The zero-order valence-electron chi connectivity index (χ0n) is 12.7. The molecule has 1 amide bonds. The van der Waals surface area contributed by atoms with Crippen molar-refractivity contribution in [3.8, 4) is 0 Å². The van der Waals surface area contributed by atoms with E-state index >= 15 is 0 Å². The second-order valence-electron chi connectivity index (χ2n) is 6.46. The molecule has 1 saturated heterocycles. The molecule has 0 spiro atoms. The first-order chi connectivity index (χ1) is 9.18. The van der Waals surface area contributed by atoms with E-state index in [2.05, 4.69) is 17.1 Å². The Morgan fingerprint density at radius 3 is 2.16 bits per heavy atom. The SMILES string of the molecule is CC(N[C@@H](C)C1CCCC1)C(=O)N1CCCCCC1. The predicted molar refractivity (Wildman–Crippen MR) is 79.1 cm³/mol. The second-order valence-corrected chi connectivity index (χ2v) is 6.46. The maximum absolute atomic E-state index is 12.5. The molecule has 2 atom stereocenters. The fraction of sp³-hybridized carbons (Fsp3) is 0.938. The Morgan fingerprint density at radius 1 is 1.00 bits per heavy atom. The number of rotatable bonds is 4. The minimum Gasteiger partial charge on any atom is -0.341 e. The van der Waals surface area contributed by atoms with Crippen LogP contribution in [0, 0.1) is 5.92 Å². The van der Waals surface area contributed by atoms with Gasteiger partial charge in [-0.3, -0.25) is 4.79 Å². The average Bonchev–Trinajstić information content (AvgIpc) is 2.81. The molecule has 3 heteroatoms. The molecule has 1 unspecified atom stereocenters. The first-order valence-corrected chi connectivity index (χ1v) is 8.23.